The topological polar surface area (TPSA) is 94.5 Å². The molecule has 0 saturated carbocycles. The van der Waals surface area contributed by atoms with E-state index in [9.17, 15) is 18.0 Å². The summed E-state index contributed by atoms with van der Waals surface area (Å²) in [6.45, 7) is 2.93. The molecule has 2 aromatic carbocycles. The number of aryl methyl sites for hydroxylation is 2. The summed E-state index contributed by atoms with van der Waals surface area (Å²) in [7, 11) is -2.61. The van der Waals surface area contributed by atoms with Crippen LogP contribution in [0.1, 0.15) is 11.3 Å². The summed E-state index contributed by atoms with van der Waals surface area (Å²) >= 11 is 1.54. The predicted octanol–water partition coefficient (Wildman–Crippen LogP) is 3.67. The molecule has 0 unspecified atom stereocenters. The van der Waals surface area contributed by atoms with Crippen LogP contribution in [0.4, 0.5) is 5.69 Å². The number of thioether (sulfide) groups is 1. The number of nitrogens with zero attached hydrogens (tertiary/aromatic N) is 1. The van der Waals surface area contributed by atoms with E-state index in [1.807, 2.05) is 24.5 Å². The van der Waals surface area contributed by atoms with Crippen molar-refractivity contribution in [1.82, 2.24) is 4.57 Å². The van der Waals surface area contributed by atoms with Crippen LogP contribution in [0.15, 0.2) is 74.1 Å². The fourth-order valence-corrected chi connectivity index (χ4v) is 5.36. The molecule has 0 spiro atoms. The van der Waals surface area contributed by atoms with Crippen molar-refractivity contribution in [2.75, 3.05) is 18.7 Å². The largest absolute Gasteiger partial charge is 0.497 e. The van der Waals surface area contributed by atoms with Gasteiger partial charge in [0.15, 0.2) is 0 Å². The van der Waals surface area contributed by atoms with Crippen LogP contribution in [-0.4, -0.2) is 32.3 Å². The molecule has 3 aromatic rings. The van der Waals surface area contributed by atoms with Crippen molar-refractivity contribution < 1.29 is 17.9 Å². The van der Waals surface area contributed by atoms with Gasteiger partial charge in [-0.3, -0.25) is 9.59 Å². The number of sulfone groups is 1. The molecule has 1 heterocycles. The van der Waals surface area contributed by atoms with Crippen molar-refractivity contribution in [3.63, 3.8) is 0 Å². The zero-order valence-corrected chi connectivity index (χ0v) is 19.8. The Morgan fingerprint density at radius 1 is 1.09 bits per heavy atom. The van der Waals surface area contributed by atoms with Gasteiger partial charge in [0.2, 0.25) is 15.7 Å². The number of ether oxygens (including phenoxy) is 1. The maximum Gasteiger partial charge on any atom is 0.270 e. The normalized spacial score (nSPS) is 11.2. The third kappa shape index (κ3) is 4.89. The zero-order chi connectivity index (χ0) is 23.5. The minimum absolute atomic E-state index is 0.0211. The van der Waals surface area contributed by atoms with Gasteiger partial charge >= 0.3 is 0 Å². The van der Waals surface area contributed by atoms with Crippen molar-refractivity contribution in [2.45, 2.75) is 35.1 Å². The molecular formula is C23H24N2O5S2. The molecule has 0 aliphatic carbocycles. The highest BCUT2D eigenvalue weighted by atomic mass is 32.2. The van der Waals surface area contributed by atoms with Crippen LogP contribution in [0.25, 0.3) is 0 Å². The molecule has 9 heteroatoms. The van der Waals surface area contributed by atoms with Gasteiger partial charge in [0.05, 0.1) is 12.0 Å². The number of hydrogen-bond acceptors (Lipinski definition) is 6. The molecule has 0 radical (unpaired) electrons. The van der Waals surface area contributed by atoms with E-state index in [2.05, 4.69) is 5.32 Å². The standard InChI is InChI=1S/C23H24N2O5S2/c1-15-12-16(2)25(14-21(26)24-17-6-5-7-19(13-17)31-4)23(27)22(15)32(28,29)20-10-8-18(30-3)9-11-20/h5-13H,14H2,1-4H3,(H,24,26). The van der Waals surface area contributed by atoms with E-state index in [0.29, 0.717) is 22.7 Å². The van der Waals surface area contributed by atoms with Crippen LogP contribution in [-0.2, 0) is 21.2 Å². The summed E-state index contributed by atoms with van der Waals surface area (Å²) in [6, 6.07) is 14.7. The molecule has 168 valence electrons. The van der Waals surface area contributed by atoms with Crippen molar-refractivity contribution in [3.8, 4) is 5.75 Å². The second-order valence-electron chi connectivity index (χ2n) is 7.15. The molecule has 0 bridgehead atoms. The van der Waals surface area contributed by atoms with E-state index in [0.717, 1.165) is 4.90 Å². The average Bonchev–Trinajstić information content (AvgIpc) is 2.76. The highest BCUT2D eigenvalue weighted by molar-refractivity contribution is 7.98. The molecule has 32 heavy (non-hydrogen) atoms. The number of anilines is 1. The quantitative estimate of drug-likeness (QED) is 0.528. The maximum absolute atomic E-state index is 13.2. The Kier molecular flexibility index (Phi) is 7.10. The Balaban J connectivity index is 1.97. The summed E-state index contributed by atoms with van der Waals surface area (Å²) in [5.74, 6) is 0.0781. The highest BCUT2D eigenvalue weighted by Crippen LogP contribution is 2.24. The number of nitrogens with one attached hydrogen (secondary N) is 1. The molecule has 3 rings (SSSR count). The van der Waals surface area contributed by atoms with Crippen LogP contribution in [0, 0.1) is 13.8 Å². The van der Waals surface area contributed by atoms with Gasteiger partial charge in [0.1, 0.15) is 17.2 Å². The Hall–Kier alpha value is -3.04. The van der Waals surface area contributed by atoms with E-state index >= 15 is 0 Å². The summed E-state index contributed by atoms with van der Waals surface area (Å²) < 4.78 is 32.7. The summed E-state index contributed by atoms with van der Waals surface area (Å²) in [6.07, 6.45) is 1.93. The number of carbonyl (C=O) groups is 1. The number of pyridine rings is 1. The first-order chi connectivity index (χ1) is 15.2. The molecule has 0 aliphatic heterocycles. The average molecular weight is 473 g/mol. The summed E-state index contributed by atoms with van der Waals surface area (Å²) in [5.41, 5.74) is 0.693. The van der Waals surface area contributed by atoms with E-state index in [-0.39, 0.29) is 16.3 Å². The summed E-state index contributed by atoms with van der Waals surface area (Å²) in [5, 5.41) is 2.76. The van der Waals surface area contributed by atoms with Crippen LogP contribution in [0.5, 0.6) is 5.75 Å². The van der Waals surface area contributed by atoms with Crippen LogP contribution >= 0.6 is 11.8 Å². The van der Waals surface area contributed by atoms with Crippen LogP contribution < -0.4 is 15.6 Å². The molecule has 7 nitrogen and oxygen atoms in total. The molecule has 1 amide bonds. The lowest BCUT2D eigenvalue weighted by molar-refractivity contribution is -0.116. The first-order valence-electron chi connectivity index (χ1n) is 9.71. The number of amides is 1. The fraction of sp³-hybridized carbons (Fsp3) is 0.217. The van der Waals surface area contributed by atoms with Crippen LogP contribution in [0.2, 0.25) is 0 Å². The fourth-order valence-electron chi connectivity index (χ4n) is 3.35. The number of hydrogen-bond donors (Lipinski definition) is 1. The Morgan fingerprint density at radius 3 is 2.41 bits per heavy atom. The van der Waals surface area contributed by atoms with Gasteiger partial charge in [0.25, 0.3) is 5.56 Å². The predicted molar refractivity (Wildman–Crippen MR) is 125 cm³/mol. The van der Waals surface area contributed by atoms with Crippen molar-refractivity contribution >= 4 is 33.2 Å². The number of aromatic nitrogens is 1. The van der Waals surface area contributed by atoms with Crippen molar-refractivity contribution in [1.29, 1.82) is 0 Å². The Morgan fingerprint density at radius 2 is 1.78 bits per heavy atom. The van der Waals surface area contributed by atoms with E-state index < -0.39 is 21.3 Å². The molecule has 0 fully saturated rings. The highest BCUT2D eigenvalue weighted by Gasteiger charge is 2.26. The third-order valence-corrected chi connectivity index (χ3v) is 7.59. The van der Waals surface area contributed by atoms with Gasteiger partial charge in [-0.2, -0.15) is 0 Å². The maximum atomic E-state index is 13.2. The zero-order valence-electron chi connectivity index (χ0n) is 18.2. The first kappa shape index (κ1) is 23.6. The minimum atomic E-state index is -4.09. The van der Waals surface area contributed by atoms with Gasteiger partial charge in [-0.25, -0.2) is 8.42 Å². The molecular weight excluding hydrogens is 448 g/mol. The van der Waals surface area contributed by atoms with Crippen molar-refractivity contribution in [2.24, 2.45) is 0 Å². The number of methoxy groups -OCH3 is 1. The Labute approximate surface area is 191 Å². The van der Waals surface area contributed by atoms with Gasteiger partial charge < -0.3 is 14.6 Å². The molecule has 0 saturated heterocycles. The van der Waals surface area contributed by atoms with Crippen molar-refractivity contribution in [3.05, 3.63) is 76.2 Å². The molecule has 0 atom stereocenters. The number of benzene rings is 2. The lowest BCUT2D eigenvalue weighted by Crippen LogP contribution is -2.33. The molecule has 1 aromatic heterocycles. The SMILES string of the molecule is COc1ccc(S(=O)(=O)c2c(C)cc(C)n(CC(=O)Nc3cccc(SC)c3)c2=O)cc1. The summed E-state index contributed by atoms with van der Waals surface area (Å²) in [4.78, 5) is 26.5. The van der Waals surface area contributed by atoms with Gasteiger partial charge in [-0.05, 0) is 74.2 Å². The van der Waals surface area contributed by atoms with E-state index in [1.165, 1.54) is 35.9 Å². The van der Waals surface area contributed by atoms with Gasteiger partial charge in [-0.15, -0.1) is 11.8 Å². The minimum Gasteiger partial charge on any atom is -0.497 e. The second-order valence-corrected chi connectivity index (χ2v) is 9.91. The smallest absolute Gasteiger partial charge is 0.270 e. The monoisotopic (exact) mass is 472 g/mol. The molecule has 1 N–H and O–H groups in total. The van der Waals surface area contributed by atoms with Crippen LogP contribution in [0.3, 0.4) is 0 Å². The first-order valence-corrected chi connectivity index (χ1v) is 12.4. The van der Waals surface area contributed by atoms with Gasteiger partial charge in [0, 0.05) is 16.3 Å². The molecule has 0 aliphatic rings. The third-order valence-electron chi connectivity index (χ3n) is 4.94. The number of rotatable bonds is 7. The Bertz CT molecular complexity index is 1310. The number of carbonyl (C=O) groups excluding carboxylic acids is 1. The second kappa shape index (κ2) is 9.62. The van der Waals surface area contributed by atoms with E-state index in [1.54, 1.807) is 37.7 Å². The lowest BCUT2D eigenvalue weighted by atomic mass is 10.2. The lowest BCUT2D eigenvalue weighted by Gasteiger charge is -2.15. The van der Waals surface area contributed by atoms with E-state index in [4.69, 9.17) is 4.74 Å². The van der Waals surface area contributed by atoms with Gasteiger partial charge in [-0.1, -0.05) is 6.07 Å².